The Bertz CT molecular complexity index is 251. The Kier molecular flexibility index (Phi) is 8.89. The van der Waals surface area contributed by atoms with Crippen LogP contribution < -0.4 is 5.32 Å². The molecule has 0 saturated heterocycles. The highest BCUT2D eigenvalue weighted by Gasteiger charge is 2.22. The van der Waals surface area contributed by atoms with Crippen LogP contribution in [0, 0.1) is 5.92 Å². The lowest BCUT2D eigenvalue weighted by molar-refractivity contribution is 0.150. The van der Waals surface area contributed by atoms with Crippen molar-refractivity contribution in [1.29, 1.82) is 0 Å². The van der Waals surface area contributed by atoms with Gasteiger partial charge in [-0.05, 0) is 13.3 Å². The van der Waals surface area contributed by atoms with Crippen LogP contribution in [-0.2, 0) is 0 Å². The van der Waals surface area contributed by atoms with Gasteiger partial charge in [-0.3, -0.25) is 4.99 Å². The predicted octanol–water partition coefficient (Wildman–Crippen LogP) is 3.52. The van der Waals surface area contributed by atoms with Gasteiger partial charge in [-0.2, -0.15) is 0 Å². The molecule has 0 saturated carbocycles. The monoisotopic (exact) mass is 268 g/mol. The number of amidine groups is 1. The molecule has 0 radical (unpaired) electrons. The van der Waals surface area contributed by atoms with E-state index in [9.17, 15) is 5.11 Å². The van der Waals surface area contributed by atoms with Gasteiger partial charge in [0.25, 0.3) is 0 Å². The van der Waals surface area contributed by atoms with Gasteiger partial charge in [0, 0.05) is 12.5 Å². The second kappa shape index (κ2) is 10.2. The van der Waals surface area contributed by atoms with Gasteiger partial charge in [-0.1, -0.05) is 58.3 Å². The minimum Gasteiger partial charge on any atom is -0.393 e. The Hall–Kier alpha value is -0.570. The quantitative estimate of drug-likeness (QED) is 0.563. The highest BCUT2D eigenvalue weighted by molar-refractivity contribution is 5.86. The fourth-order valence-corrected chi connectivity index (χ4v) is 2.77. The first-order valence-corrected chi connectivity index (χ1v) is 8.22. The van der Waals surface area contributed by atoms with E-state index in [1.807, 2.05) is 6.92 Å². The summed E-state index contributed by atoms with van der Waals surface area (Å²) in [5.41, 5.74) is 0. The van der Waals surface area contributed by atoms with E-state index >= 15 is 0 Å². The molecule has 0 amide bonds. The minimum absolute atomic E-state index is 0.225. The molecule has 1 rings (SSSR count). The van der Waals surface area contributed by atoms with Crippen LogP contribution in [0.25, 0.3) is 0 Å². The molecule has 2 unspecified atom stereocenters. The van der Waals surface area contributed by atoms with Crippen LogP contribution in [0.5, 0.6) is 0 Å². The van der Waals surface area contributed by atoms with E-state index in [1.165, 1.54) is 51.4 Å². The molecule has 112 valence electrons. The van der Waals surface area contributed by atoms with Gasteiger partial charge in [0.05, 0.1) is 12.6 Å². The summed E-state index contributed by atoms with van der Waals surface area (Å²) in [5.74, 6) is 1.26. The summed E-state index contributed by atoms with van der Waals surface area (Å²) in [5, 5.41) is 13.2. The number of aliphatic imine (C=N–C) groups is 1. The van der Waals surface area contributed by atoms with Crippen LogP contribution in [0.2, 0.25) is 0 Å². The minimum atomic E-state index is -0.283. The van der Waals surface area contributed by atoms with Gasteiger partial charge < -0.3 is 10.4 Å². The normalized spacial score (nSPS) is 17.9. The zero-order valence-corrected chi connectivity index (χ0v) is 12.8. The molecule has 3 heteroatoms. The fourth-order valence-electron chi connectivity index (χ4n) is 2.77. The molecule has 0 aromatic heterocycles. The van der Waals surface area contributed by atoms with E-state index in [-0.39, 0.29) is 12.0 Å². The number of aliphatic hydroxyl groups excluding tert-OH is 1. The summed E-state index contributed by atoms with van der Waals surface area (Å²) in [6.45, 7) is 5.96. The number of nitrogens with zero attached hydrogens (tertiary/aromatic N) is 1. The third-order valence-electron chi connectivity index (χ3n) is 4.00. The number of unbranched alkanes of at least 4 members (excludes halogenated alkanes) is 7. The highest BCUT2D eigenvalue weighted by Crippen LogP contribution is 2.18. The largest absolute Gasteiger partial charge is 0.393 e. The third kappa shape index (κ3) is 6.95. The second-order valence-electron chi connectivity index (χ2n) is 5.80. The van der Waals surface area contributed by atoms with Crippen LogP contribution in [0.3, 0.4) is 0 Å². The highest BCUT2D eigenvalue weighted by atomic mass is 16.3. The molecule has 2 N–H and O–H groups in total. The van der Waals surface area contributed by atoms with Crippen molar-refractivity contribution in [2.24, 2.45) is 10.9 Å². The van der Waals surface area contributed by atoms with Crippen molar-refractivity contribution in [2.75, 3.05) is 13.1 Å². The molecule has 0 spiro atoms. The molecule has 0 fully saturated rings. The van der Waals surface area contributed by atoms with Crippen molar-refractivity contribution in [2.45, 2.75) is 77.7 Å². The Morgan fingerprint density at radius 1 is 1.11 bits per heavy atom. The predicted molar refractivity (Wildman–Crippen MR) is 82.7 cm³/mol. The smallest absolute Gasteiger partial charge is 0.102 e. The molecule has 1 aliphatic heterocycles. The Balaban J connectivity index is 2.05. The summed E-state index contributed by atoms with van der Waals surface area (Å²) in [6.07, 6.45) is 11.5. The summed E-state index contributed by atoms with van der Waals surface area (Å²) < 4.78 is 0. The van der Waals surface area contributed by atoms with Gasteiger partial charge in [0.1, 0.15) is 5.84 Å². The van der Waals surface area contributed by atoms with Crippen molar-refractivity contribution in [3.8, 4) is 0 Å². The molecule has 0 aromatic rings. The van der Waals surface area contributed by atoms with Crippen molar-refractivity contribution >= 4 is 5.84 Å². The maximum absolute atomic E-state index is 9.85. The van der Waals surface area contributed by atoms with E-state index in [2.05, 4.69) is 17.2 Å². The average Bonchev–Trinajstić information content (AvgIpc) is 2.90. The average molecular weight is 268 g/mol. The SMILES string of the molecule is CCCCCCCCCCC(C1=NCCN1)C(C)O. The topological polar surface area (TPSA) is 44.6 Å². The summed E-state index contributed by atoms with van der Waals surface area (Å²) in [7, 11) is 0. The second-order valence-corrected chi connectivity index (χ2v) is 5.80. The molecule has 3 nitrogen and oxygen atoms in total. The maximum Gasteiger partial charge on any atom is 0.102 e. The summed E-state index contributed by atoms with van der Waals surface area (Å²) in [4.78, 5) is 4.45. The van der Waals surface area contributed by atoms with Crippen molar-refractivity contribution < 1.29 is 5.11 Å². The van der Waals surface area contributed by atoms with Gasteiger partial charge in [-0.15, -0.1) is 0 Å². The number of hydrogen-bond acceptors (Lipinski definition) is 3. The molecule has 2 atom stereocenters. The van der Waals surface area contributed by atoms with Gasteiger partial charge in [-0.25, -0.2) is 0 Å². The first-order valence-electron chi connectivity index (χ1n) is 8.22. The molecular formula is C16H32N2O. The first-order chi connectivity index (χ1) is 9.25. The van der Waals surface area contributed by atoms with Gasteiger partial charge >= 0.3 is 0 Å². The van der Waals surface area contributed by atoms with Gasteiger partial charge in [0.15, 0.2) is 0 Å². The number of rotatable bonds is 11. The Labute approximate surface area is 118 Å². The number of aliphatic hydroxyl groups is 1. The number of hydrogen-bond donors (Lipinski definition) is 2. The molecule has 0 aliphatic carbocycles. The lowest BCUT2D eigenvalue weighted by Crippen LogP contribution is -2.33. The third-order valence-corrected chi connectivity index (χ3v) is 4.00. The lowest BCUT2D eigenvalue weighted by atomic mass is 9.94. The van der Waals surface area contributed by atoms with Crippen LogP contribution in [-0.4, -0.2) is 30.1 Å². The zero-order chi connectivity index (χ0) is 13.9. The maximum atomic E-state index is 9.85. The molecule has 1 aliphatic rings. The lowest BCUT2D eigenvalue weighted by Gasteiger charge is -2.20. The molecule has 0 aromatic carbocycles. The summed E-state index contributed by atoms with van der Waals surface area (Å²) in [6, 6.07) is 0. The first kappa shape index (κ1) is 16.5. The zero-order valence-electron chi connectivity index (χ0n) is 12.8. The molecule has 19 heavy (non-hydrogen) atoms. The van der Waals surface area contributed by atoms with Crippen LogP contribution in [0.1, 0.15) is 71.6 Å². The van der Waals surface area contributed by atoms with Crippen molar-refractivity contribution in [3.05, 3.63) is 0 Å². The molecule has 0 bridgehead atoms. The van der Waals surface area contributed by atoms with Crippen LogP contribution in [0.4, 0.5) is 0 Å². The van der Waals surface area contributed by atoms with Crippen molar-refractivity contribution in [3.63, 3.8) is 0 Å². The standard InChI is InChI=1S/C16H32N2O/c1-3-4-5-6-7-8-9-10-11-15(14(2)19)16-17-12-13-18-16/h14-15,19H,3-13H2,1-2H3,(H,17,18). The van der Waals surface area contributed by atoms with E-state index in [0.29, 0.717) is 0 Å². The number of nitrogens with one attached hydrogen (secondary N) is 1. The molecule has 1 heterocycles. The van der Waals surface area contributed by atoms with E-state index in [0.717, 1.165) is 25.3 Å². The summed E-state index contributed by atoms with van der Waals surface area (Å²) >= 11 is 0. The molecular weight excluding hydrogens is 236 g/mol. The van der Waals surface area contributed by atoms with Gasteiger partial charge in [0.2, 0.25) is 0 Å². The van der Waals surface area contributed by atoms with E-state index < -0.39 is 0 Å². The van der Waals surface area contributed by atoms with Crippen LogP contribution in [0.15, 0.2) is 4.99 Å². The van der Waals surface area contributed by atoms with Crippen molar-refractivity contribution in [1.82, 2.24) is 5.32 Å². The van der Waals surface area contributed by atoms with E-state index in [4.69, 9.17) is 0 Å². The van der Waals surface area contributed by atoms with Crippen LogP contribution >= 0.6 is 0 Å². The Morgan fingerprint density at radius 2 is 1.74 bits per heavy atom. The fraction of sp³-hybridized carbons (Fsp3) is 0.938. The van der Waals surface area contributed by atoms with E-state index in [1.54, 1.807) is 0 Å². The Morgan fingerprint density at radius 3 is 2.26 bits per heavy atom.